The van der Waals surface area contributed by atoms with E-state index in [-0.39, 0.29) is 5.67 Å². The van der Waals surface area contributed by atoms with Crippen molar-refractivity contribution in [3.8, 4) is 0 Å². The molecule has 0 aliphatic rings. The number of aliphatic imine (C=N–C) groups is 1. The second-order valence-electron chi connectivity index (χ2n) is 3.32. The van der Waals surface area contributed by atoms with E-state index in [1.807, 2.05) is 6.21 Å². The molecule has 84 valence electrons. The predicted octanol–water partition coefficient (Wildman–Crippen LogP) is 2.08. The average molecular weight is 217 g/mol. The van der Waals surface area contributed by atoms with Gasteiger partial charge in [0.2, 0.25) is 0 Å². The van der Waals surface area contributed by atoms with Crippen molar-refractivity contribution < 1.29 is 8.85 Å². The van der Waals surface area contributed by atoms with Gasteiger partial charge in [0.05, 0.1) is 5.67 Å². The molecule has 0 radical (unpaired) electrons. The van der Waals surface area contributed by atoms with Crippen LogP contribution in [-0.2, 0) is 8.85 Å². The molecule has 1 atom stereocenters. The predicted molar refractivity (Wildman–Crippen MR) is 63.3 cm³/mol. The largest absolute Gasteiger partial charge is 0.399 e. The maximum absolute atomic E-state index is 5.35. The molecule has 0 amide bonds. The first-order valence-corrected chi connectivity index (χ1v) is 6.98. The Morgan fingerprint density at radius 2 is 1.86 bits per heavy atom. The fourth-order valence-corrected chi connectivity index (χ4v) is 3.01. The summed E-state index contributed by atoms with van der Waals surface area (Å²) in [6.45, 7) is 4.32. The Morgan fingerprint density at radius 1 is 1.21 bits per heavy atom. The zero-order valence-corrected chi connectivity index (χ0v) is 11.0. The molecule has 0 bridgehead atoms. The molecule has 0 aliphatic heterocycles. The van der Waals surface area contributed by atoms with Gasteiger partial charge in [-0.15, -0.1) is 0 Å². The van der Waals surface area contributed by atoms with E-state index in [0.29, 0.717) is 0 Å². The Bertz CT molecular complexity index is 149. The Morgan fingerprint density at radius 3 is 2.29 bits per heavy atom. The molecule has 0 rings (SSSR count). The lowest BCUT2D eigenvalue weighted by atomic mass is 10.3. The molecule has 0 aromatic rings. The van der Waals surface area contributed by atoms with Gasteiger partial charge in [-0.25, -0.2) is 0 Å². The van der Waals surface area contributed by atoms with Gasteiger partial charge >= 0.3 is 9.28 Å². The lowest BCUT2D eigenvalue weighted by Gasteiger charge is -2.18. The molecule has 4 heteroatoms. The van der Waals surface area contributed by atoms with E-state index in [4.69, 9.17) is 8.85 Å². The van der Waals surface area contributed by atoms with Gasteiger partial charge in [0.25, 0.3) is 0 Å². The van der Waals surface area contributed by atoms with E-state index in [1.165, 1.54) is 0 Å². The second-order valence-corrected chi connectivity index (χ2v) is 5.77. The highest BCUT2D eigenvalue weighted by Crippen LogP contribution is 2.07. The highest BCUT2D eigenvalue weighted by Gasteiger charge is 2.21. The monoisotopic (exact) mass is 217 g/mol. The minimum Gasteiger partial charge on any atom is -0.399 e. The molecule has 0 spiro atoms. The molecule has 0 saturated carbocycles. The third-order valence-electron chi connectivity index (χ3n) is 2.08. The Hall–Kier alpha value is -0.193. The zero-order chi connectivity index (χ0) is 10.8. The van der Waals surface area contributed by atoms with Crippen LogP contribution in [0.15, 0.2) is 4.99 Å². The molecule has 0 heterocycles. The number of hydrogen-bond donors (Lipinski definition) is 0. The second kappa shape index (κ2) is 9.37. The van der Waals surface area contributed by atoms with Crippen molar-refractivity contribution in [1.29, 1.82) is 0 Å². The van der Waals surface area contributed by atoms with E-state index >= 15 is 0 Å². The van der Waals surface area contributed by atoms with E-state index in [1.54, 1.807) is 14.2 Å². The normalized spacial score (nSPS) is 14.1. The lowest BCUT2D eigenvalue weighted by Crippen LogP contribution is -2.34. The van der Waals surface area contributed by atoms with E-state index < -0.39 is 9.28 Å². The summed E-state index contributed by atoms with van der Waals surface area (Å²) in [6, 6.07) is 0. The van der Waals surface area contributed by atoms with Crippen LogP contribution in [0, 0.1) is 0 Å². The summed E-state index contributed by atoms with van der Waals surface area (Å²) in [5.74, 6) is 0. The molecule has 0 aromatic heterocycles. The molecular weight excluding hydrogens is 194 g/mol. The molecule has 0 aliphatic carbocycles. The maximum atomic E-state index is 5.35. The summed E-state index contributed by atoms with van der Waals surface area (Å²) >= 11 is 0. The van der Waals surface area contributed by atoms with Crippen molar-refractivity contribution in [2.24, 2.45) is 4.99 Å². The van der Waals surface area contributed by atoms with Crippen LogP contribution in [0.4, 0.5) is 0 Å². The topological polar surface area (TPSA) is 30.8 Å². The van der Waals surface area contributed by atoms with Crippen molar-refractivity contribution >= 4 is 15.5 Å². The maximum Gasteiger partial charge on any atom is 0.346 e. The first-order valence-electron chi connectivity index (χ1n) is 5.37. The van der Waals surface area contributed by atoms with Crippen LogP contribution in [-0.4, -0.2) is 35.4 Å². The van der Waals surface area contributed by atoms with Gasteiger partial charge in [-0.05, 0) is 19.1 Å². The van der Waals surface area contributed by atoms with Gasteiger partial charge in [-0.1, -0.05) is 26.7 Å². The molecule has 0 saturated heterocycles. The van der Waals surface area contributed by atoms with Crippen molar-refractivity contribution in [1.82, 2.24) is 0 Å². The fraction of sp³-hybridized carbons (Fsp3) is 0.900. The van der Waals surface area contributed by atoms with Gasteiger partial charge < -0.3 is 8.85 Å². The Balaban J connectivity index is 4.10. The third kappa shape index (κ3) is 5.52. The van der Waals surface area contributed by atoms with Gasteiger partial charge in [-0.2, -0.15) is 0 Å². The number of unbranched alkanes of at least 4 members (excludes halogenated alkanes) is 1. The van der Waals surface area contributed by atoms with E-state index in [0.717, 1.165) is 25.7 Å². The molecular formula is C10H23NO2Si. The van der Waals surface area contributed by atoms with Crippen LogP contribution < -0.4 is 0 Å². The lowest BCUT2D eigenvalue weighted by molar-refractivity contribution is 0.264. The summed E-state index contributed by atoms with van der Waals surface area (Å²) in [5, 5.41) is 0. The van der Waals surface area contributed by atoms with Crippen molar-refractivity contribution in [2.45, 2.75) is 45.2 Å². The molecule has 0 fully saturated rings. The average Bonchev–Trinajstić information content (AvgIpc) is 2.20. The smallest absolute Gasteiger partial charge is 0.346 e. The number of rotatable bonds is 8. The molecule has 0 N–H and O–H groups in total. The van der Waals surface area contributed by atoms with Gasteiger partial charge in [0.15, 0.2) is 0 Å². The van der Waals surface area contributed by atoms with Crippen LogP contribution >= 0.6 is 0 Å². The molecule has 0 aromatic carbocycles. The first-order chi connectivity index (χ1) is 6.79. The summed E-state index contributed by atoms with van der Waals surface area (Å²) in [7, 11) is 1.88. The number of nitrogens with zero attached hydrogens (tertiary/aromatic N) is 1. The highest BCUT2D eigenvalue weighted by atomic mass is 28.3. The SMILES string of the molecule is CCCC=NC(CCC)[SiH](OC)OC. The minimum atomic E-state index is -1.57. The van der Waals surface area contributed by atoms with Gasteiger partial charge in [0.1, 0.15) is 0 Å². The zero-order valence-electron chi connectivity index (χ0n) is 9.82. The Kier molecular flexibility index (Phi) is 9.24. The van der Waals surface area contributed by atoms with Crippen LogP contribution in [0.1, 0.15) is 39.5 Å². The number of hydrogen-bond acceptors (Lipinski definition) is 3. The van der Waals surface area contributed by atoms with Crippen LogP contribution in [0.2, 0.25) is 0 Å². The standard InChI is InChI=1S/C10H23NO2Si/c1-5-7-9-11-10(8-6-2)14(12-3)13-4/h9-10,14H,5-8H2,1-4H3. The van der Waals surface area contributed by atoms with E-state index in [2.05, 4.69) is 18.8 Å². The molecule has 1 unspecified atom stereocenters. The third-order valence-corrected chi connectivity index (χ3v) is 4.14. The highest BCUT2D eigenvalue weighted by molar-refractivity contribution is 6.46. The van der Waals surface area contributed by atoms with Crippen molar-refractivity contribution in [2.75, 3.05) is 14.2 Å². The quantitative estimate of drug-likeness (QED) is 0.460. The van der Waals surface area contributed by atoms with Gasteiger partial charge in [-0.3, -0.25) is 4.99 Å². The summed E-state index contributed by atoms with van der Waals surface area (Å²) < 4.78 is 10.7. The Labute approximate surface area is 89.4 Å². The van der Waals surface area contributed by atoms with E-state index in [9.17, 15) is 0 Å². The van der Waals surface area contributed by atoms with Crippen LogP contribution in [0.5, 0.6) is 0 Å². The molecule has 3 nitrogen and oxygen atoms in total. The fourth-order valence-electron chi connectivity index (χ4n) is 1.33. The molecule has 14 heavy (non-hydrogen) atoms. The van der Waals surface area contributed by atoms with Crippen LogP contribution in [0.3, 0.4) is 0 Å². The minimum absolute atomic E-state index is 0.279. The summed E-state index contributed by atoms with van der Waals surface area (Å²) in [5.41, 5.74) is 0.279. The van der Waals surface area contributed by atoms with Crippen molar-refractivity contribution in [3.63, 3.8) is 0 Å². The summed E-state index contributed by atoms with van der Waals surface area (Å²) in [4.78, 5) is 4.53. The summed E-state index contributed by atoms with van der Waals surface area (Å²) in [6.07, 6.45) is 6.41. The van der Waals surface area contributed by atoms with Crippen LogP contribution in [0.25, 0.3) is 0 Å². The first kappa shape index (κ1) is 13.8. The van der Waals surface area contributed by atoms with Gasteiger partial charge in [0, 0.05) is 14.2 Å². The van der Waals surface area contributed by atoms with Crippen molar-refractivity contribution in [3.05, 3.63) is 0 Å².